The third kappa shape index (κ3) is 2.78. The van der Waals surface area contributed by atoms with Crippen LogP contribution in [0.3, 0.4) is 0 Å². The number of halogens is 5. The number of carbonyl (C=O) groups is 1. The zero-order valence-corrected chi connectivity index (χ0v) is 13.3. The highest BCUT2D eigenvalue weighted by molar-refractivity contribution is 5.75. The Morgan fingerprint density at radius 3 is 2.32 bits per heavy atom. The number of hydrogen-bond donors (Lipinski definition) is 2. The van der Waals surface area contributed by atoms with Crippen LogP contribution in [-0.2, 0) is 9.53 Å². The highest BCUT2D eigenvalue weighted by atomic mass is 19.4. The van der Waals surface area contributed by atoms with Gasteiger partial charge in [-0.25, -0.2) is 4.79 Å². The lowest BCUT2D eigenvalue weighted by Crippen LogP contribution is -2.47. The Balaban J connectivity index is 2.70. The lowest BCUT2D eigenvalue weighted by Gasteiger charge is -2.32. The molecule has 0 radical (unpaired) electrons. The van der Waals surface area contributed by atoms with Gasteiger partial charge in [0.15, 0.2) is 23.2 Å². The number of benzene rings is 1. The van der Waals surface area contributed by atoms with Crippen LogP contribution in [0.2, 0.25) is 0 Å². The highest BCUT2D eigenvalue weighted by Crippen LogP contribution is 2.55. The van der Waals surface area contributed by atoms with Crippen molar-refractivity contribution >= 4 is 5.97 Å². The van der Waals surface area contributed by atoms with E-state index in [1.807, 2.05) is 0 Å². The molecule has 1 saturated heterocycles. The van der Waals surface area contributed by atoms with Crippen molar-refractivity contribution in [2.45, 2.75) is 37.6 Å². The van der Waals surface area contributed by atoms with Gasteiger partial charge in [0, 0.05) is 17.4 Å². The van der Waals surface area contributed by atoms with Crippen molar-refractivity contribution < 1.29 is 46.4 Å². The van der Waals surface area contributed by atoms with E-state index in [4.69, 9.17) is 9.47 Å². The molecule has 2 rings (SSSR count). The van der Waals surface area contributed by atoms with Gasteiger partial charge in [-0.3, -0.25) is 0 Å². The van der Waals surface area contributed by atoms with Crippen molar-refractivity contribution in [1.82, 2.24) is 0 Å². The minimum absolute atomic E-state index is 0.424. The Hall–Kier alpha value is -2.10. The Kier molecular flexibility index (Phi) is 4.62. The minimum Gasteiger partial charge on any atom is -0.505 e. The highest BCUT2D eigenvalue weighted by Gasteiger charge is 2.66. The van der Waals surface area contributed by atoms with Crippen LogP contribution in [0.1, 0.15) is 25.3 Å². The second-order valence-corrected chi connectivity index (χ2v) is 5.94. The molecule has 2 N–H and O–H groups in total. The van der Waals surface area contributed by atoms with Gasteiger partial charge < -0.3 is 19.7 Å². The fraction of sp³-hybridized carbons (Fsp3) is 0.533. The molecule has 0 bridgehead atoms. The molecule has 4 atom stereocenters. The number of carboxylic acid groups (broad SMARTS) is 1. The molecule has 0 unspecified atom stereocenters. The molecule has 0 spiro atoms. The van der Waals surface area contributed by atoms with Crippen molar-refractivity contribution in [3.63, 3.8) is 0 Å². The third-order valence-electron chi connectivity index (χ3n) is 4.65. The molecule has 1 heterocycles. The molecule has 1 aliphatic heterocycles. The number of alkyl halides is 3. The summed E-state index contributed by atoms with van der Waals surface area (Å²) in [4.78, 5) is 11.4. The number of hydrogen-bond acceptors (Lipinski definition) is 4. The Labute approximate surface area is 139 Å². The third-order valence-corrected chi connectivity index (χ3v) is 4.65. The summed E-state index contributed by atoms with van der Waals surface area (Å²) in [6.07, 6.45) is -6.91. The molecule has 1 aliphatic rings. The van der Waals surface area contributed by atoms with Gasteiger partial charge in [-0.1, -0.05) is 6.92 Å². The van der Waals surface area contributed by atoms with Crippen LogP contribution in [0.15, 0.2) is 6.07 Å². The molecule has 25 heavy (non-hydrogen) atoms. The summed E-state index contributed by atoms with van der Waals surface area (Å²) in [7, 11) is 0.942. The summed E-state index contributed by atoms with van der Waals surface area (Å²) < 4.78 is 77.2. The molecule has 10 heteroatoms. The number of ether oxygens (including phenoxy) is 2. The maximum atomic E-state index is 14.0. The zero-order chi connectivity index (χ0) is 19.3. The normalized spacial score (nSPS) is 29.7. The first-order valence-electron chi connectivity index (χ1n) is 7.09. The topological polar surface area (TPSA) is 76.0 Å². The molecule has 1 fully saturated rings. The van der Waals surface area contributed by atoms with Crippen molar-refractivity contribution in [2.24, 2.45) is 5.92 Å². The molecule has 0 aliphatic carbocycles. The Morgan fingerprint density at radius 2 is 1.88 bits per heavy atom. The second-order valence-electron chi connectivity index (χ2n) is 5.94. The van der Waals surface area contributed by atoms with Crippen molar-refractivity contribution in [3.8, 4) is 11.5 Å². The number of aromatic hydroxyl groups is 1. The van der Waals surface area contributed by atoms with E-state index in [2.05, 4.69) is 0 Å². The van der Waals surface area contributed by atoms with E-state index in [0.717, 1.165) is 14.0 Å². The van der Waals surface area contributed by atoms with Gasteiger partial charge in [-0.05, 0) is 13.0 Å². The standard InChI is InChI=1S/C15H15F5O5/c1-5-8(6-4-7(21)9(16)10(17)11(6)24-3)12(13(22)23)25-14(5,2)15(18,19)20/h4-5,8,12,21H,1-3H3,(H,22,23)/t5-,8-,12+,14+/m0/s1. The molecule has 1 aromatic carbocycles. The van der Waals surface area contributed by atoms with Crippen molar-refractivity contribution in [2.75, 3.05) is 7.11 Å². The van der Waals surface area contributed by atoms with Crippen LogP contribution in [0.4, 0.5) is 22.0 Å². The Morgan fingerprint density at radius 1 is 1.32 bits per heavy atom. The van der Waals surface area contributed by atoms with E-state index in [1.165, 1.54) is 0 Å². The lowest BCUT2D eigenvalue weighted by molar-refractivity contribution is -0.273. The molecule has 0 saturated carbocycles. The van der Waals surface area contributed by atoms with Gasteiger partial charge in [0.2, 0.25) is 11.6 Å². The first-order chi connectivity index (χ1) is 11.4. The van der Waals surface area contributed by atoms with E-state index in [1.54, 1.807) is 0 Å². The lowest BCUT2D eigenvalue weighted by atomic mass is 9.77. The van der Waals surface area contributed by atoms with Gasteiger partial charge >= 0.3 is 12.1 Å². The summed E-state index contributed by atoms with van der Waals surface area (Å²) in [5.74, 6) is -9.99. The number of aliphatic carboxylic acids is 1. The van der Waals surface area contributed by atoms with E-state index in [-0.39, 0.29) is 0 Å². The molecular formula is C15H15F5O5. The summed E-state index contributed by atoms with van der Waals surface area (Å²) >= 11 is 0. The van der Waals surface area contributed by atoms with Crippen LogP contribution in [0.25, 0.3) is 0 Å². The molecule has 1 aromatic rings. The molecule has 140 valence electrons. The second kappa shape index (κ2) is 6.01. The minimum atomic E-state index is -4.91. The van der Waals surface area contributed by atoms with Crippen LogP contribution in [0.5, 0.6) is 11.5 Å². The van der Waals surface area contributed by atoms with Crippen molar-refractivity contribution in [1.29, 1.82) is 0 Å². The quantitative estimate of drug-likeness (QED) is 0.800. The predicted octanol–water partition coefficient (Wildman–Crippen LogP) is 3.20. The number of methoxy groups -OCH3 is 1. The number of rotatable bonds is 3. The Bertz CT molecular complexity index is 705. The smallest absolute Gasteiger partial charge is 0.417 e. The molecule has 0 aromatic heterocycles. The SMILES string of the molecule is COc1c([C@H]2[C@H](C(=O)O)O[C@@](C)(C(F)(F)F)[C@H]2C)cc(O)c(F)c1F. The first-order valence-corrected chi connectivity index (χ1v) is 7.09. The average Bonchev–Trinajstić information content (AvgIpc) is 2.78. The fourth-order valence-electron chi connectivity index (χ4n) is 3.08. The van der Waals surface area contributed by atoms with Crippen LogP contribution < -0.4 is 4.74 Å². The van der Waals surface area contributed by atoms with Crippen LogP contribution >= 0.6 is 0 Å². The summed E-state index contributed by atoms with van der Waals surface area (Å²) in [5.41, 5.74) is -3.27. The number of carboxylic acids is 1. The number of phenols is 1. The van der Waals surface area contributed by atoms with E-state index in [9.17, 15) is 37.0 Å². The van der Waals surface area contributed by atoms with Gasteiger partial charge in [-0.2, -0.15) is 22.0 Å². The van der Waals surface area contributed by atoms with Gasteiger partial charge in [0.25, 0.3) is 0 Å². The monoisotopic (exact) mass is 370 g/mol. The van der Waals surface area contributed by atoms with E-state index < -0.39 is 64.4 Å². The summed E-state index contributed by atoms with van der Waals surface area (Å²) in [5, 5.41) is 18.7. The molecule has 5 nitrogen and oxygen atoms in total. The van der Waals surface area contributed by atoms with Crippen LogP contribution in [0, 0.1) is 17.6 Å². The average molecular weight is 370 g/mol. The van der Waals surface area contributed by atoms with E-state index in [0.29, 0.717) is 13.0 Å². The predicted molar refractivity (Wildman–Crippen MR) is 73.4 cm³/mol. The fourth-order valence-corrected chi connectivity index (χ4v) is 3.08. The van der Waals surface area contributed by atoms with Crippen molar-refractivity contribution in [3.05, 3.63) is 23.3 Å². The first kappa shape index (κ1) is 19.2. The van der Waals surface area contributed by atoms with Crippen LogP contribution in [-0.4, -0.2) is 41.2 Å². The molecule has 0 amide bonds. The summed E-state index contributed by atoms with van der Waals surface area (Å²) in [6, 6.07) is 0.653. The maximum absolute atomic E-state index is 14.0. The van der Waals surface area contributed by atoms with Gasteiger partial charge in [0.1, 0.15) is 0 Å². The van der Waals surface area contributed by atoms with Gasteiger partial charge in [0.05, 0.1) is 7.11 Å². The maximum Gasteiger partial charge on any atom is 0.417 e. The number of phenolic OH excluding ortho intramolecular Hbond substituents is 1. The zero-order valence-electron chi connectivity index (χ0n) is 13.3. The largest absolute Gasteiger partial charge is 0.505 e. The molecular weight excluding hydrogens is 355 g/mol. The van der Waals surface area contributed by atoms with Gasteiger partial charge in [-0.15, -0.1) is 0 Å². The van der Waals surface area contributed by atoms with E-state index >= 15 is 0 Å². The summed E-state index contributed by atoms with van der Waals surface area (Å²) in [6.45, 7) is 1.76.